The van der Waals surface area contributed by atoms with E-state index in [1.807, 2.05) is 24.3 Å². The molecule has 0 spiro atoms. The van der Waals surface area contributed by atoms with Crippen LogP contribution in [-0.2, 0) is 40.0 Å². The lowest BCUT2D eigenvalue weighted by Gasteiger charge is -2.41. The fourth-order valence-corrected chi connectivity index (χ4v) is 8.44. The molecule has 24 heteroatoms. The van der Waals surface area contributed by atoms with E-state index in [1.165, 1.54) is 65.6 Å². The molecular formula is C53H46F16N2O4S2. The molecule has 9 rings (SSSR count). The number of β-amino-alcohol motifs (C(OH)–C–C–N with tert-alkyl or cyclic N) is 1. The molecule has 416 valence electrons. The number of benzene rings is 6. The number of hydrogen-bond donors (Lipinski definition) is 2. The van der Waals surface area contributed by atoms with Crippen LogP contribution in [0.2, 0.25) is 0 Å². The van der Waals surface area contributed by atoms with Crippen LogP contribution in [0.3, 0.4) is 0 Å². The summed E-state index contributed by atoms with van der Waals surface area (Å²) in [5.74, 6) is -1.72. The van der Waals surface area contributed by atoms with E-state index in [9.17, 15) is 75.4 Å². The normalized spacial score (nSPS) is 17.3. The average Bonchev–Trinajstić information content (AvgIpc) is 4.24. The second-order valence-corrected chi connectivity index (χ2v) is 17.1. The first-order valence-corrected chi connectivity index (χ1v) is 23.9. The first-order chi connectivity index (χ1) is 35.8. The minimum absolute atomic E-state index is 0. The third-order valence-electron chi connectivity index (χ3n) is 11.9. The first kappa shape index (κ1) is 61.6. The van der Waals surface area contributed by atoms with Crippen molar-refractivity contribution >= 4 is 33.8 Å². The summed E-state index contributed by atoms with van der Waals surface area (Å²) in [5.41, 5.74) is 6.54. The molecule has 3 heterocycles. The van der Waals surface area contributed by atoms with Crippen LogP contribution in [0.1, 0.15) is 54.6 Å². The van der Waals surface area contributed by atoms with E-state index in [0.717, 1.165) is 34.5 Å². The van der Waals surface area contributed by atoms with Gasteiger partial charge in [-0.05, 0) is 131 Å². The molecule has 1 saturated heterocycles. The number of nitrogens with one attached hydrogen (secondary N) is 1. The molecule has 4 atom stereocenters. The number of anilines is 2. The van der Waals surface area contributed by atoms with Crippen molar-refractivity contribution in [2.24, 2.45) is 0 Å². The van der Waals surface area contributed by atoms with E-state index >= 15 is 0 Å². The lowest BCUT2D eigenvalue weighted by atomic mass is 9.86. The predicted molar refractivity (Wildman–Crippen MR) is 262 cm³/mol. The molecular weight excluding hydrogens is 1100 g/mol. The largest absolute Gasteiger partial charge is 0.461 e. The van der Waals surface area contributed by atoms with Crippen molar-refractivity contribution in [3.05, 3.63) is 167 Å². The number of fused-ring (bicyclic) bond motifs is 2. The van der Waals surface area contributed by atoms with Gasteiger partial charge in [0.1, 0.15) is 23.1 Å². The van der Waals surface area contributed by atoms with Crippen LogP contribution in [-0.4, -0.2) is 67.9 Å². The van der Waals surface area contributed by atoms with Gasteiger partial charge in [-0.3, -0.25) is 0 Å². The van der Waals surface area contributed by atoms with Gasteiger partial charge in [0.25, 0.3) is 0 Å². The second kappa shape index (κ2) is 25.9. The van der Waals surface area contributed by atoms with E-state index in [4.69, 9.17) is 0 Å². The summed E-state index contributed by atoms with van der Waals surface area (Å²) in [6.45, 7) is -1.03. The number of rotatable bonds is 12. The SMILES string of the molecule is C.FC(F)(F)C1CO1.Fc1cccc(-c2cccc3c2CC[C@H](c2cccc(OC(F)(F)C(F)F)c2)N3)c1.O[C@@H](CN1c2cccc(-c3cccc(F)c3)c2CC[C@@H]1c1cccc(OC(F)(F)C(F)F)c1)C(F)(F)F.S=S. The number of aliphatic hydroxyl groups is 1. The minimum atomic E-state index is -4.94. The molecule has 0 amide bonds. The zero-order valence-corrected chi connectivity index (χ0v) is 40.5. The molecule has 0 radical (unpaired) electrons. The Hall–Kier alpha value is -6.24. The fraction of sp³-hybridized carbons (Fsp3) is 0.321. The van der Waals surface area contributed by atoms with Crippen molar-refractivity contribution in [1.82, 2.24) is 0 Å². The number of epoxide rings is 1. The number of ether oxygens (including phenoxy) is 3. The van der Waals surface area contributed by atoms with Crippen molar-refractivity contribution in [2.45, 2.75) is 94.8 Å². The molecule has 77 heavy (non-hydrogen) atoms. The molecule has 3 aliphatic rings. The fourth-order valence-electron chi connectivity index (χ4n) is 8.44. The molecule has 1 unspecified atom stereocenters. The van der Waals surface area contributed by atoms with Gasteiger partial charge in [-0.25, -0.2) is 8.78 Å². The summed E-state index contributed by atoms with van der Waals surface area (Å²) in [6, 6.07) is 32.2. The van der Waals surface area contributed by atoms with E-state index in [1.54, 1.807) is 36.4 Å². The van der Waals surface area contributed by atoms with Gasteiger partial charge in [-0.1, -0.05) is 80.2 Å². The molecule has 3 aliphatic heterocycles. The smallest absolute Gasteiger partial charge is 0.428 e. The van der Waals surface area contributed by atoms with Crippen LogP contribution in [0.15, 0.2) is 133 Å². The van der Waals surface area contributed by atoms with E-state index in [2.05, 4.69) is 41.9 Å². The molecule has 2 N–H and O–H groups in total. The van der Waals surface area contributed by atoms with Crippen LogP contribution in [0.25, 0.3) is 22.3 Å². The monoisotopic (exact) mass is 1140 g/mol. The summed E-state index contributed by atoms with van der Waals surface area (Å²) >= 11 is 7.33. The van der Waals surface area contributed by atoms with Crippen molar-refractivity contribution < 1.29 is 89.6 Å². The van der Waals surface area contributed by atoms with Gasteiger partial charge in [0.05, 0.1) is 25.2 Å². The van der Waals surface area contributed by atoms with Crippen LogP contribution in [0.4, 0.5) is 81.6 Å². The Bertz CT molecular complexity index is 2890. The third-order valence-corrected chi connectivity index (χ3v) is 11.9. The molecule has 6 aromatic rings. The molecule has 1 fully saturated rings. The number of hydrogen-bond acceptors (Lipinski definition) is 8. The Labute approximate surface area is 441 Å². The van der Waals surface area contributed by atoms with Crippen LogP contribution in [0, 0.1) is 11.6 Å². The van der Waals surface area contributed by atoms with Crippen LogP contribution < -0.4 is 19.7 Å². The standard InChI is InChI=1S/C26H21F8NO2.C23H18F5NO.C3H3F3O.CH4.S2/c27-17-6-1-4-15(12-17)19-8-3-9-22-20(19)10-11-21(35(22)14-23(36)25(30,31)32)16-5-2-7-18(13-16)37-26(33,34)24(28)29;24-16-6-1-4-14(12-16)18-8-3-9-21-19(18)10-11-20(29-21)15-5-2-7-17(13-15)30-23(27,28)22(25)26;4-3(5,6)2-1-7-2;;1-2/h1-9,12-13,21,23-24,36H,10-11,14H2;1-9,12-13,20,22,29H,10-11H2;2H,1H2;1H4;/t21-,23+;20-;;;/m11.../s1. The van der Waals surface area contributed by atoms with Crippen LogP contribution in [0.5, 0.6) is 11.5 Å². The average molecular weight is 1140 g/mol. The molecule has 0 aliphatic carbocycles. The highest BCUT2D eigenvalue weighted by Crippen LogP contribution is 2.45. The van der Waals surface area contributed by atoms with Crippen molar-refractivity contribution in [3.63, 3.8) is 0 Å². The lowest BCUT2D eigenvalue weighted by molar-refractivity contribution is -0.253. The molecule has 0 bridgehead atoms. The van der Waals surface area contributed by atoms with Gasteiger partial charge in [0, 0.05) is 33.8 Å². The van der Waals surface area contributed by atoms with E-state index in [-0.39, 0.29) is 43.6 Å². The molecule has 6 aromatic carbocycles. The lowest BCUT2D eigenvalue weighted by Crippen LogP contribution is -2.44. The highest BCUT2D eigenvalue weighted by Gasteiger charge is 2.49. The number of aliphatic hydroxyl groups excluding tert-OH is 1. The quantitative estimate of drug-likeness (QED) is 0.0928. The van der Waals surface area contributed by atoms with Gasteiger partial charge >= 0.3 is 37.4 Å². The van der Waals surface area contributed by atoms with Crippen molar-refractivity contribution in [2.75, 3.05) is 23.4 Å². The zero-order chi connectivity index (χ0) is 55.8. The zero-order valence-electron chi connectivity index (χ0n) is 38.9. The maximum absolute atomic E-state index is 13.9. The Morgan fingerprint density at radius 1 is 0.610 bits per heavy atom. The molecule has 6 nitrogen and oxygen atoms in total. The molecule has 0 aromatic heterocycles. The van der Waals surface area contributed by atoms with Crippen molar-refractivity contribution in [3.8, 4) is 33.8 Å². The Balaban J connectivity index is 0.000000245. The van der Waals surface area contributed by atoms with Gasteiger partial charge in [-0.2, -0.15) is 61.5 Å². The van der Waals surface area contributed by atoms with Gasteiger partial charge in [0.15, 0.2) is 12.2 Å². The number of alkyl halides is 14. The summed E-state index contributed by atoms with van der Waals surface area (Å²) < 4.78 is 217. The first-order valence-electron chi connectivity index (χ1n) is 22.6. The molecule has 0 saturated carbocycles. The predicted octanol–water partition coefficient (Wildman–Crippen LogP) is 15.6. The van der Waals surface area contributed by atoms with Gasteiger partial charge in [-0.15, -0.1) is 0 Å². The summed E-state index contributed by atoms with van der Waals surface area (Å²) in [7, 11) is 0. The van der Waals surface area contributed by atoms with Crippen LogP contribution >= 0.6 is 0 Å². The Morgan fingerprint density at radius 2 is 1.08 bits per heavy atom. The Morgan fingerprint density at radius 3 is 1.56 bits per heavy atom. The highest BCUT2D eigenvalue weighted by atomic mass is 32.8. The van der Waals surface area contributed by atoms with E-state index in [0.29, 0.717) is 47.2 Å². The van der Waals surface area contributed by atoms with Crippen molar-refractivity contribution in [1.29, 1.82) is 0 Å². The number of halogens is 16. The summed E-state index contributed by atoms with van der Waals surface area (Å²) in [4.78, 5) is 1.30. The maximum atomic E-state index is 13.9. The summed E-state index contributed by atoms with van der Waals surface area (Å²) in [6.07, 6.45) is -28.7. The summed E-state index contributed by atoms with van der Waals surface area (Å²) in [5, 5.41) is 13.3. The maximum Gasteiger partial charge on any atom is 0.461 e. The number of nitrogens with zero attached hydrogens (tertiary/aromatic N) is 1. The second-order valence-electron chi connectivity index (χ2n) is 17.1. The third kappa shape index (κ3) is 16.2. The van der Waals surface area contributed by atoms with Gasteiger partial charge in [0.2, 0.25) is 0 Å². The topological polar surface area (TPSA) is 66.5 Å². The van der Waals surface area contributed by atoms with E-state index < -0.39 is 73.8 Å². The Kier molecular flexibility index (Phi) is 20.8. The van der Waals surface area contributed by atoms with Gasteiger partial charge < -0.3 is 29.5 Å². The minimum Gasteiger partial charge on any atom is -0.428 e. The highest BCUT2D eigenvalue weighted by molar-refractivity contribution is 8.07.